The van der Waals surface area contributed by atoms with Crippen LogP contribution in [0.5, 0.6) is 5.75 Å². The Bertz CT molecular complexity index is 1060. The molecule has 0 bridgehead atoms. The van der Waals surface area contributed by atoms with Crippen molar-refractivity contribution < 1.29 is 14.3 Å². The van der Waals surface area contributed by atoms with E-state index in [1.54, 1.807) is 18.9 Å². The van der Waals surface area contributed by atoms with E-state index in [4.69, 9.17) is 9.47 Å². The van der Waals surface area contributed by atoms with Crippen LogP contribution in [-0.4, -0.2) is 24.8 Å². The number of fused-ring (bicyclic) bond motifs is 3. The van der Waals surface area contributed by atoms with Crippen molar-refractivity contribution in [1.82, 2.24) is 4.57 Å². The molecule has 1 aliphatic rings. The third kappa shape index (κ3) is 2.73. The Hall–Kier alpha value is -2.66. The molecule has 1 aliphatic heterocycles. The molecule has 4 nitrogen and oxygen atoms in total. The van der Waals surface area contributed by atoms with E-state index in [0.717, 1.165) is 33.4 Å². The number of aromatic nitrogens is 1. The van der Waals surface area contributed by atoms with Gasteiger partial charge in [-0.2, -0.15) is 0 Å². The molecule has 3 aromatic rings. The smallest absolute Gasteiger partial charge is 0.335 e. The topological polar surface area (TPSA) is 40.5 Å². The van der Waals surface area contributed by atoms with Crippen molar-refractivity contribution in [2.24, 2.45) is 7.05 Å². The van der Waals surface area contributed by atoms with Crippen LogP contribution in [0.2, 0.25) is 0 Å². The number of carbonyl (C=O) groups is 1. The normalized spacial score (nSPS) is 16.4. The van der Waals surface area contributed by atoms with Gasteiger partial charge in [0.15, 0.2) is 0 Å². The summed E-state index contributed by atoms with van der Waals surface area (Å²) in [4.78, 5) is 12.7. The van der Waals surface area contributed by atoms with Crippen molar-refractivity contribution in [2.75, 3.05) is 14.2 Å². The maximum absolute atomic E-state index is 12.7. The summed E-state index contributed by atoms with van der Waals surface area (Å²) in [5.41, 5.74) is 5.03. The highest BCUT2D eigenvalue weighted by molar-refractivity contribution is 7.99. The van der Waals surface area contributed by atoms with Crippen LogP contribution in [0.25, 0.3) is 16.5 Å². The number of allylic oxidation sites excluding steroid dienone is 1. The van der Waals surface area contributed by atoms with E-state index in [0.29, 0.717) is 5.57 Å². The van der Waals surface area contributed by atoms with Gasteiger partial charge in [-0.05, 0) is 36.3 Å². The first-order chi connectivity index (χ1) is 13.1. The van der Waals surface area contributed by atoms with Crippen LogP contribution in [-0.2, 0) is 16.6 Å². The SMILES string of the molecule is COC(=O)C1=C(C)c2c(n(C)c3ccccc23)SC1c1ccc(OC)cc1. The highest BCUT2D eigenvalue weighted by Crippen LogP contribution is 2.52. The number of rotatable bonds is 3. The van der Waals surface area contributed by atoms with Gasteiger partial charge in [0.2, 0.25) is 0 Å². The zero-order chi connectivity index (χ0) is 19.1. The quantitative estimate of drug-likeness (QED) is 0.602. The van der Waals surface area contributed by atoms with Gasteiger partial charge in [0.1, 0.15) is 5.75 Å². The molecule has 1 aromatic heterocycles. The van der Waals surface area contributed by atoms with Gasteiger partial charge in [0.25, 0.3) is 0 Å². The van der Waals surface area contributed by atoms with Crippen molar-refractivity contribution in [3.05, 3.63) is 65.2 Å². The Morgan fingerprint density at radius 3 is 2.44 bits per heavy atom. The summed E-state index contributed by atoms with van der Waals surface area (Å²) < 4.78 is 12.6. The second kappa shape index (κ2) is 6.82. The monoisotopic (exact) mass is 379 g/mol. The fourth-order valence-corrected chi connectivity index (χ4v) is 5.30. The van der Waals surface area contributed by atoms with Crippen LogP contribution in [0.15, 0.2) is 59.1 Å². The summed E-state index contributed by atoms with van der Waals surface area (Å²) in [6, 6.07) is 16.2. The zero-order valence-corrected chi connectivity index (χ0v) is 16.6. The van der Waals surface area contributed by atoms with Crippen molar-refractivity contribution >= 4 is 34.2 Å². The van der Waals surface area contributed by atoms with Gasteiger partial charge < -0.3 is 14.0 Å². The van der Waals surface area contributed by atoms with Crippen LogP contribution in [0, 0.1) is 0 Å². The third-order valence-electron chi connectivity index (χ3n) is 5.15. The second-order valence-electron chi connectivity index (χ2n) is 6.56. The lowest BCUT2D eigenvalue weighted by molar-refractivity contribution is -0.136. The average Bonchev–Trinajstić information content (AvgIpc) is 3.00. The van der Waals surface area contributed by atoms with Gasteiger partial charge in [0, 0.05) is 23.5 Å². The van der Waals surface area contributed by atoms with Crippen molar-refractivity contribution in [1.29, 1.82) is 0 Å². The molecule has 138 valence electrons. The highest BCUT2D eigenvalue weighted by Gasteiger charge is 2.35. The minimum absolute atomic E-state index is 0.126. The summed E-state index contributed by atoms with van der Waals surface area (Å²) in [5.74, 6) is 0.518. The molecule has 2 heterocycles. The van der Waals surface area contributed by atoms with Crippen molar-refractivity contribution in [2.45, 2.75) is 17.2 Å². The molecule has 4 rings (SSSR count). The summed E-state index contributed by atoms with van der Waals surface area (Å²) in [6.07, 6.45) is 0. The van der Waals surface area contributed by atoms with Gasteiger partial charge in [-0.25, -0.2) is 4.79 Å². The minimum atomic E-state index is -0.278. The van der Waals surface area contributed by atoms with Gasteiger partial charge in [-0.15, -0.1) is 0 Å². The largest absolute Gasteiger partial charge is 0.497 e. The summed E-state index contributed by atoms with van der Waals surface area (Å²) in [6.45, 7) is 2.02. The number of aryl methyl sites for hydroxylation is 1. The van der Waals surface area contributed by atoms with E-state index in [-0.39, 0.29) is 11.2 Å². The molecule has 0 saturated heterocycles. The van der Waals surface area contributed by atoms with Gasteiger partial charge in [0.05, 0.1) is 30.1 Å². The molecule has 0 N–H and O–H groups in total. The van der Waals surface area contributed by atoms with E-state index in [2.05, 4.69) is 23.7 Å². The maximum Gasteiger partial charge on any atom is 0.335 e. The molecule has 0 spiro atoms. The van der Waals surface area contributed by atoms with Gasteiger partial charge >= 0.3 is 5.97 Å². The Labute approximate surface area is 162 Å². The predicted octanol–water partition coefficient (Wildman–Crippen LogP) is 4.98. The molecule has 1 unspecified atom stereocenters. The molecule has 27 heavy (non-hydrogen) atoms. The number of para-hydroxylation sites is 1. The first kappa shape index (κ1) is 17.7. The van der Waals surface area contributed by atoms with Crippen LogP contribution >= 0.6 is 11.8 Å². The number of ether oxygens (including phenoxy) is 2. The van der Waals surface area contributed by atoms with Gasteiger partial charge in [-0.1, -0.05) is 42.1 Å². The molecule has 0 fully saturated rings. The molecule has 0 saturated carbocycles. The molecule has 1 atom stereocenters. The minimum Gasteiger partial charge on any atom is -0.497 e. The van der Waals surface area contributed by atoms with Crippen LogP contribution < -0.4 is 4.74 Å². The van der Waals surface area contributed by atoms with E-state index in [9.17, 15) is 4.79 Å². The van der Waals surface area contributed by atoms with Crippen molar-refractivity contribution in [3.8, 4) is 5.75 Å². The van der Waals surface area contributed by atoms with Crippen LogP contribution in [0.4, 0.5) is 0 Å². The number of esters is 1. The van der Waals surface area contributed by atoms with E-state index >= 15 is 0 Å². The number of nitrogens with zero attached hydrogens (tertiary/aromatic N) is 1. The number of thioether (sulfide) groups is 1. The maximum atomic E-state index is 12.7. The Balaban J connectivity index is 1.95. The predicted molar refractivity (Wildman–Crippen MR) is 109 cm³/mol. The number of benzene rings is 2. The van der Waals surface area contributed by atoms with Crippen LogP contribution in [0.1, 0.15) is 23.3 Å². The molecule has 2 aromatic carbocycles. The summed E-state index contributed by atoms with van der Waals surface area (Å²) >= 11 is 1.69. The molecular formula is C22H21NO3S. The number of methoxy groups -OCH3 is 2. The fourth-order valence-electron chi connectivity index (χ4n) is 3.76. The third-order valence-corrected chi connectivity index (χ3v) is 6.59. The number of hydrogen-bond donors (Lipinski definition) is 0. The summed E-state index contributed by atoms with van der Waals surface area (Å²) in [7, 11) is 5.17. The Kier molecular flexibility index (Phi) is 4.48. The fraction of sp³-hybridized carbons (Fsp3) is 0.227. The molecule has 5 heteroatoms. The lowest BCUT2D eigenvalue weighted by Crippen LogP contribution is -2.16. The first-order valence-corrected chi connectivity index (χ1v) is 9.62. The Morgan fingerprint density at radius 1 is 1.07 bits per heavy atom. The average molecular weight is 379 g/mol. The van der Waals surface area contributed by atoms with Gasteiger partial charge in [-0.3, -0.25) is 0 Å². The molecule has 0 amide bonds. The summed E-state index contributed by atoms with van der Waals surface area (Å²) in [5, 5.41) is 2.20. The Morgan fingerprint density at radius 2 is 1.78 bits per heavy atom. The molecule has 0 radical (unpaired) electrons. The number of hydrogen-bond acceptors (Lipinski definition) is 4. The van der Waals surface area contributed by atoms with E-state index in [1.807, 2.05) is 43.3 Å². The zero-order valence-electron chi connectivity index (χ0n) is 15.8. The highest BCUT2D eigenvalue weighted by atomic mass is 32.2. The van der Waals surface area contributed by atoms with E-state index < -0.39 is 0 Å². The van der Waals surface area contributed by atoms with Crippen molar-refractivity contribution in [3.63, 3.8) is 0 Å². The lowest BCUT2D eigenvalue weighted by Gasteiger charge is -2.27. The lowest BCUT2D eigenvalue weighted by atomic mass is 9.94. The first-order valence-electron chi connectivity index (χ1n) is 8.74. The standard InChI is InChI=1S/C22H21NO3S/c1-13-18-16-7-5-6-8-17(16)23(2)21(18)27-20(19(13)22(24)26-4)14-9-11-15(25-3)12-10-14/h5-12,20H,1-4H3. The second-order valence-corrected chi connectivity index (χ2v) is 7.65. The van der Waals surface area contributed by atoms with Crippen LogP contribution in [0.3, 0.4) is 0 Å². The number of carbonyl (C=O) groups excluding carboxylic acids is 1. The molecular weight excluding hydrogens is 358 g/mol. The molecule has 0 aliphatic carbocycles. The van der Waals surface area contributed by atoms with E-state index in [1.165, 1.54) is 12.1 Å².